The predicted molar refractivity (Wildman–Crippen MR) is 308 cm³/mol. The Morgan fingerprint density at radius 3 is 1.99 bits per heavy atom. The number of hydrogen-bond donors (Lipinski definition) is 13. The molecule has 13 N–H and O–H groups in total. The van der Waals surface area contributed by atoms with Gasteiger partial charge in [0.1, 0.15) is 78.8 Å². The lowest BCUT2D eigenvalue weighted by Gasteiger charge is -2.80. The van der Waals surface area contributed by atoms with Crippen molar-refractivity contribution in [2.24, 2.45) is 50.7 Å². The molecule has 87 heavy (non-hydrogen) atoms. The number of aliphatic hydroxyl groups excluding tert-OH is 12. The smallest absolute Gasteiger partial charge is 0.317 e. The van der Waals surface area contributed by atoms with E-state index in [0.29, 0.717) is 45.1 Å². The van der Waals surface area contributed by atoms with Gasteiger partial charge in [-0.15, -0.1) is 0 Å². The van der Waals surface area contributed by atoms with E-state index in [0.717, 1.165) is 56.8 Å². The molecule has 0 aromatic carbocycles. The number of carbonyl (C=O) groups is 3. The molecule has 3 saturated carbocycles. The average molecular weight is 1240 g/mol. The van der Waals surface area contributed by atoms with Crippen molar-refractivity contribution in [2.75, 3.05) is 26.4 Å². The summed E-state index contributed by atoms with van der Waals surface area (Å²) in [6, 6.07) is -1.38. The zero-order valence-corrected chi connectivity index (χ0v) is 52.4. The van der Waals surface area contributed by atoms with Crippen LogP contribution in [0, 0.1) is 50.7 Å². The maximum Gasteiger partial charge on any atom is 0.317 e. The lowest BCUT2D eigenvalue weighted by atomic mass is 9.23. The van der Waals surface area contributed by atoms with E-state index in [1.807, 2.05) is 34.6 Å². The first-order chi connectivity index (χ1) is 41.1. The minimum Gasteiger partial charge on any atom is -0.432 e. The lowest BCUT2D eigenvalue weighted by molar-refractivity contribution is -0.370. The molecule has 500 valence electrons. The van der Waals surface area contributed by atoms with E-state index in [2.05, 4.69) is 26.1 Å². The van der Waals surface area contributed by atoms with Crippen molar-refractivity contribution in [3.8, 4) is 0 Å². The summed E-state index contributed by atoms with van der Waals surface area (Å²) in [5.74, 6) is -1.79. The number of amides is 1. The SMILES string of the molecule is CCC(O)C(C)(C=O)[C@@H]1CC[C@@]23C(=C4C(C)C(CCC(C)C)(C(=O)O[C@@H]5O[C@H](CO)C(NC(=O)CCCCCCCCCCO[C@@H]6O[C@@H](CO)C(O)C6O)C(O)C5O[C@@H]5O[C@H](C)C(O[C@@H]6OC[C@@H](O)C(O)C6O)C(O)C5O)[C@H](O)C[C@]42C)CC3C1(C)C. The van der Waals surface area contributed by atoms with E-state index < -0.39 is 177 Å². The summed E-state index contributed by atoms with van der Waals surface area (Å²) in [7, 11) is 0. The largest absolute Gasteiger partial charge is 0.432 e. The first-order valence-electron chi connectivity index (χ1n) is 32.3. The fourth-order valence-electron chi connectivity index (χ4n) is 17.3. The first kappa shape index (κ1) is 70.5. The van der Waals surface area contributed by atoms with Crippen molar-refractivity contribution in [1.29, 1.82) is 0 Å². The number of rotatable bonds is 28. The third-order valence-electron chi connectivity index (χ3n) is 22.4. The Morgan fingerprint density at radius 2 is 1.37 bits per heavy atom. The maximum absolute atomic E-state index is 15.6. The molecule has 27 atom stereocenters. The molecule has 24 nitrogen and oxygen atoms in total. The van der Waals surface area contributed by atoms with Gasteiger partial charge in [0.2, 0.25) is 12.2 Å². The molecular weight excluding hydrogens is 1140 g/mol. The van der Waals surface area contributed by atoms with Gasteiger partial charge in [0.05, 0.1) is 49.6 Å². The van der Waals surface area contributed by atoms with Gasteiger partial charge in [-0.1, -0.05) is 105 Å². The van der Waals surface area contributed by atoms with Gasteiger partial charge in [-0.3, -0.25) is 9.59 Å². The number of hydrogen-bond acceptors (Lipinski definition) is 23. The highest BCUT2D eigenvalue weighted by Gasteiger charge is 2.79. The highest BCUT2D eigenvalue weighted by Crippen LogP contribution is 2.85. The van der Waals surface area contributed by atoms with Gasteiger partial charge < -0.3 is 109 Å². The van der Waals surface area contributed by atoms with Gasteiger partial charge in [-0.05, 0) is 93.8 Å². The average Bonchev–Trinajstić information content (AvgIpc) is 0.801. The van der Waals surface area contributed by atoms with E-state index in [1.165, 1.54) is 12.5 Å². The Bertz CT molecular complexity index is 2350. The highest BCUT2D eigenvalue weighted by atomic mass is 16.8. The number of nitrogens with one attached hydrogen (secondary N) is 1. The van der Waals surface area contributed by atoms with Crippen LogP contribution in [0.25, 0.3) is 0 Å². The van der Waals surface area contributed by atoms with Crippen molar-refractivity contribution < 1.29 is 114 Å². The zero-order valence-electron chi connectivity index (χ0n) is 52.4. The molecule has 0 aromatic rings. The summed E-state index contributed by atoms with van der Waals surface area (Å²) in [5, 5.41) is 134. The minimum atomic E-state index is -1.96. The topological polar surface area (TPSA) is 380 Å². The van der Waals surface area contributed by atoms with Crippen LogP contribution in [0.2, 0.25) is 0 Å². The normalized spacial score (nSPS) is 44.3. The Labute approximate surface area is 511 Å². The molecule has 1 spiro atoms. The van der Waals surface area contributed by atoms with Crippen LogP contribution in [0.15, 0.2) is 11.1 Å². The van der Waals surface area contributed by atoms with Crippen LogP contribution in [-0.2, 0) is 52.3 Å². The summed E-state index contributed by atoms with van der Waals surface area (Å²) in [4.78, 5) is 42.3. The van der Waals surface area contributed by atoms with E-state index in [9.17, 15) is 70.9 Å². The van der Waals surface area contributed by atoms with Gasteiger partial charge >= 0.3 is 5.97 Å². The minimum absolute atomic E-state index is 0.0413. The van der Waals surface area contributed by atoms with Crippen molar-refractivity contribution in [2.45, 2.75) is 288 Å². The molecule has 8 rings (SSSR count). The van der Waals surface area contributed by atoms with Crippen molar-refractivity contribution in [3.05, 3.63) is 11.1 Å². The summed E-state index contributed by atoms with van der Waals surface area (Å²) in [6.07, 6.45) is -16.9. The number of unbranched alkanes of at least 4 members (excludes halogenated alkanes) is 7. The summed E-state index contributed by atoms with van der Waals surface area (Å²) in [6.45, 7) is 16.5. The van der Waals surface area contributed by atoms with Crippen LogP contribution in [0.5, 0.6) is 0 Å². The third kappa shape index (κ3) is 12.9. The summed E-state index contributed by atoms with van der Waals surface area (Å²) >= 11 is 0. The van der Waals surface area contributed by atoms with Gasteiger partial charge in [0.25, 0.3) is 0 Å². The fourth-order valence-corrected chi connectivity index (χ4v) is 17.3. The lowest BCUT2D eigenvalue weighted by Crippen LogP contribution is -2.75. The molecule has 24 heteroatoms. The molecule has 0 radical (unpaired) electrons. The molecule has 4 heterocycles. The molecule has 7 fully saturated rings. The number of allylic oxidation sites excluding steroid dienone is 2. The van der Waals surface area contributed by atoms with E-state index in [1.54, 1.807) is 0 Å². The van der Waals surface area contributed by atoms with Crippen LogP contribution in [0.1, 0.15) is 165 Å². The van der Waals surface area contributed by atoms with Crippen LogP contribution >= 0.6 is 0 Å². The Morgan fingerprint density at radius 1 is 0.759 bits per heavy atom. The predicted octanol–water partition coefficient (Wildman–Crippen LogP) is 1.29. The second-order valence-corrected chi connectivity index (χ2v) is 28.2. The molecular formula is C63H105NO23. The van der Waals surface area contributed by atoms with Crippen LogP contribution < -0.4 is 5.32 Å². The molecule has 15 unspecified atom stereocenters. The van der Waals surface area contributed by atoms with Gasteiger partial charge in [0.15, 0.2) is 25.0 Å². The molecule has 1 amide bonds. The molecule has 4 saturated heterocycles. The number of fused-ring (bicyclic) bond motifs is 1. The molecule has 0 bridgehead atoms. The zero-order chi connectivity index (χ0) is 63.9. The third-order valence-corrected chi connectivity index (χ3v) is 22.4. The number of aliphatic hydroxyl groups is 12. The quantitative estimate of drug-likeness (QED) is 0.0227. The van der Waals surface area contributed by atoms with Crippen LogP contribution in [0.4, 0.5) is 0 Å². The molecule has 8 aliphatic rings. The van der Waals surface area contributed by atoms with E-state index in [4.69, 9.17) is 37.9 Å². The second-order valence-electron chi connectivity index (χ2n) is 28.2. The Kier molecular flexibility index (Phi) is 23.0. The summed E-state index contributed by atoms with van der Waals surface area (Å²) < 4.78 is 47.4. The van der Waals surface area contributed by atoms with Gasteiger partial charge in [-0.2, -0.15) is 0 Å². The van der Waals surface area contributed by atoms with E-state index >= 15 is 4.79 Å². The number of ether oxygens (including phenoxy) is 8. The summed E-state index contributed by atoms with van der Waals surface area (Å²) in [5.41, 5.74) is -1.38. The number of esters is 1. The second kappa shape index (κ2) is 28.4. The van der Waals surface area contributed by atoms with Crippen molar-refractivity contribution >= 4 is 18.2 Å². The van der Waals surface area contributed by atoms with Crippen LogP contribution in [0.3, 0.4) is 0 Å². The number of carbonyl (C=O) groups excluding carboxylic acids is 3. The standard InChI is InChI=1S/C63H105NO23/c1-10-40(69)60(8,30-67)38-21-23-63-34(25-39(63)59(38,6)7)43-32(4)62(22-20-31(2)3,41(70)26-61(43,63)9)58(79)87-57-53(86-56-51(78)48(75)52(33(5)82-56)85-55-49(76)45(72)35(68)29-81-55)47(74)44(36(27-65)83-57)64-42(71)19-17-15-13-11-12-14-16-18-24-80-54-50(77)46(73)37(28-66)84-54/h30-33,35-41,44-57,65-66,68-70,72-78H,10-29H2,1-9H3,(H,64,71)/t32?,33-,35-,36-,37+,38-,39?,40?,41-,44?,45?,46?,47?,48?,49?,50?,51?,52?,53?,54-,55+,56+,57+,60?,61-,62?,63+/m1/s1. The van der Waals surface area contributed by atoms with Gasteiger partial charge in [-0.25, -0.2) is 0 Å². The van der Waals surface area contributed by atoms with E-state index in [-0.39, 0.29) is 47.8 Å². The number of aldehydes is 1. The Hall–Kier alpha value is -2.41. The first-order valence-corrected chi connectivity index (χ1v) is 32.3. The highest BCUT2D eigenvalue weighted by molar-refractivity contribution is 5.80. The van der Waals surface area contributed by atoms with Crippen molar-refractivity contribution in [3.63, 3.8) is 0 Å². The molecule has 0 aromatic heterocycles. The fraction of sp³-hybridized carbons (Fsp3) is 0.921. The van der Waals surface area contributed by atoms with Gasteiger partial charge in [0, 0.05) is 23.9 Å². The molecule has 4 aliphatic heterocycles. The monoisotopic (exact) mass is 1240 g/mol. The maximum atomic E-state index is 15.6. The molecule has 4 aliphatic carbocycles. The van der Waals surface area contributed by atoms with Crippen LogP contribution in [-0.4, -0.2) is 229 Å². The van der Waals surface area contributed by atoms with Crippen molar-refractivity contribution in [1.82, 2.24) is 5.32 Å². The Balaban J connectivity index is 0.971.